The van der Waals surface area contributed by atoms with E-state index < -0.39 is 0 Å². The molecule has 2 atom stereocenters. The van der Waals surface area contributed by atoms with Crippen molar-refractivity contribution in [3.05, 3.63) is 0 Å². The van der Waals surface area contributed by atoms with Crippen molar-refractivity contribution in [2.24, 2.45) is 5.41 Å². The van der Waals surface area contributed by atoms with Crippen LogP contribution in [0.15, 0.2) is 0 Å². The Balaban J connectivity index is 1.94. The number of hydrogen-bond acceptors (Lipinski definition) is 2. The van der Waals surface area contributed by atoms with Crippen molar-refractivity contribution in [3.8, 4) is 0 Å². The molecule has 19 heavy (non-hydrogen) atoms. The zero-order valence-electron chi connectivity index (χ0n) is 13.5. The molecule has 0 amide bonds. The fourth-order valence-corrected chi connectivity index (χ4v) is 4.06. The van der Waals surface area contributed by atoms with E-state index in [1.165, 1.54) is 58.0 Å². The summed E-state index contributed by atoms with van der Waals surface area (Å²) in [4.78, 5) is 2.80. The summed E-state index contributed by atoms with van der Waals surface area (Å²) >= 11 is 0. The van der Waals surface area contributed by atoms with Crippen molar-refractivity contribution >= 4 is 0 Å². The van der Waals surface area contributed by atoms with Gasteiger partial charge in [-0.25, -0.2) is 0 Å². The third-order valence-electron chi connectivity index (χ3n) is 5.16. The standard InChI is InChI=1S/C17H34N2/c1-14(2)19(13-15-8-5-6-11-18-15)16-9-7-10-17(3,4)12-16/h14-16,18H,5-13H2,1-4H3. The molecule has 1 aliphatic carbocycles. The molecule has 112 valence electrons. The van der Waals surface area contributed by atoms with Gasteiger partial charge >= 0.3 is 0 Å². The van der Waals surface area contributed by atoms with E-state index in [1.807, 2.05) is 0 Å². The second-order valence-corrected chi connectivity index (χ2v) is 7.85. The molecule has 2 unspecified atom stereocenters. The normalized spacial score (nSPS) is 31.9. The van der Waals surface area contributed by atoms with E-state index in [9.17, 15) is 0 Å². The Bertz CT molecular complexity index is 266. The maximum absolute atomic E-state index is 3.72. The first-order valence-corrected chi connectivity index (χ1v) is 8.47. The summed E-state index contributed by atoms with van der Waals surface area (Å²) in [5.41, 5.74) is 0.552. The number of rotatable bonds is 4. The first kappa shape index (κ1) is 15.3. The third kappa shape index (κ3) is 4.46. The lowest BCUT2D eigenvalue weighted by molar-refractivity contribution is 0.0601. The Morgan fingerprint density at radius 1 is 1.16 bits per heavy atom. The van der Waals surface area contributed by atoms with E-state index in [0.717, 1.165) is 12.1 Å². The number of nitrogens with zero attached hydrogens (tertiary/aromatic N) is 1. The van der Waals surface area contributed by atoms with E-state index in [-0.39, 0.29) is 0 Å². The average Bonchev–Trinajstić information content (AvgIpc) is 2.35. The molecule has 2 nitrogen and oxygen atoms in total. The first-order valence-electron chi connectivity index (χ1n) is 8.47. The van der Waals surface area contributed by atoms with Gasteiger partial charge in [-0.3, -0.25) is 4.90 Å². The summed E-state index contributed by atoms with van der Waals surface area (Å²) in [6.07, 6.45) is 9.79. The Kier molecular flexibility index (Phi) is 5.30. The van der Waals surface area contributed by atoms with Crippen molar-refractivity contribution in [1.82, 2.24) is 10.2 Å². The summed E-state index contributed by atoms with van der Waals surface area (Å²) < 4.78 is 0. The SMILES string of the molecule is CC(C)N(CC1CCCCN1)C1CCCC(C)(C)C1. The van der Waals surface area contributed by atoms with Crippen molar-refractivity contribution in [2.75, 3.05) is 13.1 Å². The number of nitrogens with one attached hydrogen (secondary N) is 1. The van der Waals surface area contributed by atoms with Crippen molar-refractivity contribution < 1.29 is 0 Å². The molecule has 0 spiro atoms. The number of piperidine rings is 1. The highest BCUT2D eigenvalue weighted by atomic mass is 15.2. The van der Waals surface area contributed by atoms with E-state index >= 15 is 0 Å². The van der Waals surface area contributed by atoms with Crippen LogP contribution in [-0.2, 0) is 0 Å². The van der Waals surface area contributed by atoms with E-state index in [4.69, 9.17) is 0 Å². The van der Waals surface area contributed by atoms with Crippen LogP contribution in [0.25, 0.3) is 0 Å². The van der Waals surface area contributed by atoms with Crippen LogP contribution in [0.1, 0.15) is 72.6 Å². The molecule has 1 saturated heterocycles. The molecular weight excluding hydrogens is 232 g/mol. The van der Waals surface area contributed by atoms with Gasteiger partial charge in [0.05, 0.1) is 0 Å². The van der Waals surface area contributed by atoms with E-state index in [2.05, 4.69) is 37.9 Å². The third-order valence-corrected chi connectivity index (χ3v) is 5.16. The first-order chi connectivity index (χ1) is 8.98. The van der Waals surface area contributed by atoms with Crippen LogP contribution in [0, 0.1) is 5.41 Å². The highest BCUT2D eigenvalue weighted by molar-refractivity contribution is 4.88. The topological polar surface area (TPSA) is 15.3 Å². The lowest BCUT2D eigenvalue weighted by Crippen LogP contribution is -2.51. The second kappa shape index (κ2) is 6.58. The van der Waals surface area contributed by atoms with Gasteiger partial charge in [0.25, 0.3) is 0 Å². The van der Waals surface area contributed by atoms with Crippen molar-refractivity contribution in [3.63, 3.8) is 0 Å². The Labute approximate surface area is 120 Å². The predicted octanol–water partition coefficient (Wildman–Crippen LogP) is 3.81. The maximum atomic E-state index is 3.72. The molecule has 1 aliphatic heterocycles. The van der Waals surface area contributed by atoms with E-state index in [1.54, 1.807) is 0 Å². The maximum Gasteiger partial charge on any atom is 0.0195 e. The summed E-state index contributed by atoms with van der Waals surface area (Å²) in [5, 5.41) is 3.72. The smallest absolute Gasteiger partial charge is 0.0195 e. The van der Waals surface area contributed by atoms with Gasteiger partial charge in [-0.05, 0) is 57.9 Å². The van der Waals surface area contributed by atoms with Gasteiger partial charge in [-0.2, -0.15) is 0 Å². The van der Waals surface area contributed by atoms with Crippen LogP contribution in [0.2, 0.25) is 0 Å². The van der Waals surface area contributed by atoms with Crippen molar-refractivity contribution in [2.45, 2.75) is 90.8 Å². The minimum Gasteiger partial charge on any atom is -0.313 e. The zero-order valence-corrected chi connectivity index (χ0v) is 13.5. The fourth-order valence-electron chi connectivity index (χ4n) is 4.06. The number of hydrogen-bond donors (Lipinski definition) is 1. The predicted molar refractivity (Wildman–Crippen MR) is 83.5 cm³/mol. The van der Waals surface area contributed by atoms with Crippen LogP contribution in [0.3, 0.4) is 0 Å². The minimum atomic E-state index is 0.552. The van der Waals surface area contributed by atoms with Crippen LogP contribution >= 0.6 is 0 Å². The molecule has 2 aliphatic rings. The molecule has 1 heterocycles. The Hall–Kier alpha value is -0.0800. The van der Waals surface area contributed by atoms with Crippen LogP contribution in [-0.4, -0.2) is 36.1 Å². The highest BCUT2D eigenvalue weighted by Gasteiger charge is 2.33. The van der Waals surface area contributed by atoms with Gasteiger partial charge in [0, 0.05) is 24.7 Å². The zero-order chi connectivity index (χ0) is 13.9. The second-order valence-electron chi connectivity index (χ2n) is 7.85. The van der Waals surface area contributed by atoms with Gasteiger partial charge in [-0.15, -0.1) is 0 Å². The molecule has 2 heteroatoms. The minimum absolute atomic E-state index is 0.552. The molecule has 0 bridgehead atoms. The molecule has 0 aromatic heterocycles. The van der Waals surface area contributed by atoms with E-state index in [0.29, 0.717) is 11.5 Å². The van der Waals surface area contributed by atoms with Crippen molar-refractivity contribution in [1.29, 1.82) is 0 Å². The molecule has 2 fully saturated rings. The molecule has 0 aromatic rings. The summed E-state index contributed by atoms with van der Waals surface area (Å²) in [6, 6.07) is 2.23. The molecule has 2 rings (SSSR count). The lowest BCUT2D eigenvalue weighted by Gasteiger charge is -2.44. The summed E-state index contributed by atoms with van der Waals surface area (Å²) in [5.74, 6) is 0. The van der Waals surface area contributed by atoms with Gasteiger partial charge < -0.3 is 5.32 Å². The van der Waals surface area contributed by atoms with Gasteiger partial charge in [0.2, 0.25) is 0 Å². The monoisotopic (exact) mass is 266 g/mol. The molecule has 1 saturated carbocycles. The van der Waals surface area contributed by atoms with Gasteiger partial charge in [0.1, 0.15) is 0 Å². The average molecular weight is 266 g/mol. The Morgan fingerprint density at radius 3 is 2.53 bits per heavy atom. The molecular formula is C17H34N2. The highest BCUT2D eigenvalue weighted by Crippen LogP contribution is 2.38. The van der Waals surface area contributed by atoms with Gasteiger partial charge in [-0.1, -0.05) is 26.7 Å². The van der Waals surface area contributed by atoms with Crippen LogP contribution in [0.4, 0.5) is 0 Å². The molecule has 0 radical (unpaired) electrons. The van der Waals surface area contributed by atoms with Gasteiger partial charge in [0.15, 0.2) is 0 Å². The summed E-state index contributed by atoms with van der Waals surface area (Å²) in [6.45, 7) is 12.2. The quantitative estimate of drug-likeness (QED) is 0.832. The lowest BCUT2D eigenvalue weighted by atomic mass is 9.74. The summed E-state index contributed by atoms with van der Waals surface area (Å²) in [7, 11) is 0. The largest absolute Gasteiger partial charge is 0.313 e. The fraction of sp³-hybridized carbons (Fsp3) is 1.00. The molecule has 0 aromatic carbocycles. The van der Waals surface area contributed by atoms with Crippen LogP contribution < -0.4 is 5.32 Å². The Morgan fingerprint density at radius 2 is 1.95 bits per heavy atom. The van der Waals surface area contributed by atoms with Crippen LogP contribution in [0.5, 0.6) is 0 Å². The molecule has 1 N–H and O–H groups in total.